The molecule has 1 aromatic rings. The van der Waals surface area contributed by atoms with Gasteiger partial charge in [-0.05, 0) is 25.5 Å². The van der Waals surface area contributed by atoms with E-state index in [4.69, 9.17) is 0 Å². The number of hydrogen-bond donors (Lipinski definition) is 2. The van der Waals surface area contributed by atoms with Crippen LogP contribution < -0.4 is 10.4 Å². The fourth-order valence-electron chi connectivity index (χ4n) is 2.05. The van der Waals surface area contributed by atoms with Crippen molar-refractivity contribution >= 4 is 35.1 Å². The van der Waals surface area contributed by atoms with Gasteiger partial charge in [0.05, 0.1) is 6.42 Å². The first kappa shape index (κ1) is 13.4. The van der Waals surface area contributed by atoms with Crippen LogP contribution in [0.4, 0.5) is 17.1 Å². The maximum Gasteiger partial charge on any atom is 0.231 e. The monoisotopic (exact) mass is 261 g/mol. The summed E-state index contributed by atoms with van der Waals surface area (Å²) in [7, 11) is 0. The van der Waals surface area contributed by atoms with Crippen molar-refractivity contribution in [3.05, 3.63) is 22.9 Å². The number of amides is 1. The average molecular weight is 261 g/mol. The molecule has 0 spiro atoms. The second-order valence-electron chi connectivity index (χ2n) is 4.43. The third-order valence-electron chi connectivity index (χ3n) is 2.84. The maximum atomic E-state index is 11.6. The number of aryl methyl sites for hydroxylation is 1. The van der Waals surface area contributed by atoms with E-state index in [1.165, 1.54) is 13.3 Å². The summed E-state index contributed by atoms with van der Waals surface area (Å²) < 4.78 is 0. The lowest BCUT2D eigenvalue weighted by Gasteiger charge is -2.16. The van der Waals surface area contributed by atoms with Gasteiger partial charge in [0.25, 0.3) is 0 Å². The largest absolute Gasteiger partial charge is 0.623 e. The molecule has 19 heavy (non-hydrogen) atoms. The third kappa shape index (κ3) is 2.86. The number of fused-ring (bicyclic) bond motifs is 1. The molecule has 2 N–H and O–H groups in total. The molecule has 1 heterocycles. The van der Waals surface area contributed by atoms with E-state index >= 15 is 0 Å². The van der Waals surface area contributed by atoms with E-state index in [-0.39, 0.29) is 23.2 Å². The van der Waals surface area contributed by atoms with E-state index in [1.807, 2.05) is 6.92 Å². The summed E-state index contributed by atoms with van der Waals surface area (Å²) in [6, 6.07) is 3.40. The van der Waals surface area contributed by atoms with Crippen molar-refractivity contribution in [2.75, 3.05) is 5.32 Å². The smallest absolute Gasteiger partial charge is 0.231 e. The van der Waals surface area contributed by atoms with E-state index in [0.29, 0.717) is 23.5 Å². The van der Waals surface area contributed by atoms with Gasteiger partial charge in [0, 0.05) is 11.3 Å². The first-order valence-corrected chi connectivity index (χ1v) is 6.06. The number of aliphatic imine (C=N–C) groups is 1. The number of hydrogen-bond acceptors (Lipinski definition) is 4. The lowest BCUT2D eigenvalue weighted by molar-refractivity contribution is -0.655. The highest BCUT2D eigenvalue weighted by Crippen LogP contribution is 2.32. The Hall–Kier alpha value is -2.05. The second-order valence-corrected chi connectivity index (χ2v) is 4.43. The summed E-state index contributed by atoms with van der Waals surface area (Å²) in [6.07, 6.45) is 1.81. The number of benzene rings is 1. The second kappa shape index (κ2) is 5.29. The number of carbonyl (C=O) groups excluding carboxylic acids is 2. The lowest BCUT2D eigenvalue weighted by Crippen LogP contribution is -2.99. The van der Waals surface area contributed by atoms with Crippen LogP contribution in [-0.4, -0.2) is 18.0 Å². The van der Waals surface area contributed by atoms with E-state index in [0.717, 1.165) is 5.56 Å². The minimum absolute atomic E-state index is 0.103. The molecule has 1 aromatic carbocycles. The van der Waals surface area contributed by atoms with Gasteiger partial charge in [-0.3, -0.25) is 14.7 Å². The van der Waals surface area contributed by atoms with Crippen LogP contribution >= 0.6 is 0 Å². The van der Waals surface area contributed by atoms with Crippen molar-refractivity contribution in [2.24, 2.45) is 4.99 Å². The number of nitrogens with zero attached hydrogens (tertiary/aromatic N) is 1. The van der Waals surface area contributed by atoms with Crippen LogP contribution in [0, 0.1) is 5.21 Å². The molecule has 1 atom stereocenters. The first-order valence-electron chi connectivity index (χ1n) is 6.06. The highest BCUT2D eigenvalue weighted by molar-refractivity contribution is 6.04. The Morgan fingerprint density at radius 3 is 2.79 bits per heavy atom. The quantitative estimate of drug-likeness (QED) is 0.622. The van der Waals surface area contributed by atoms with Crippen LogP contribution in [0.2, 0.25) is 0 Å². The van der Waals surface area contributed by atoms with Gasteiger partial charge < -0.3 is 10.5 Å². The van der Waals surface area contributed by atoms with Crippen LogP contribution in [0.1, 0.15) is 25.8 Å². The average Bonchev–Trinajstić information content (AvgIpc) is 2.69. The van der Waals surface area contributed by atoms with E-state index < -0.39 is 0 Å². The molecule has 0 bridgehead atoms. The zero-order valence-electron chi connectivity index (χ0n) is 10.8. The highest BCUT2D eigenvalue weighted by atomic mass is 16.5. The molecular weight excluding hydrogens is 246 g/mol. The predicted molar refractivity (Wildman–Crippen MR) is 71.9 cm³/mol. The zero-order chi connectivity index (χ0) is 14.0. The molecule has 0 saturated heterocycles. The summed E-state index contributed by atoms with van der Waals surface area (Å²) in [4.78, 5) is 26.4. The van der Waals surface area contributed by atoms with Gasteiger partial charge in [-0.15, -0.1) is 0 Å². The molecule has 6 nitrogen and oxygen atoms in total. The lowest BCUT2D eigenvalue weighted by atomic mass is 10.1. The molecule has 1 unspecified atom stereocenters. The van der Waals surface area contributed by atoms with Crippen LogP contribution in [0.3, 0.4) is 0 Å². The van der Waals surface area contributed by atoms with Crippen molar-refractivity contribution in [3.8, 4) is 0 Å². The Morgan fingerprint density at radius 1 is 1.42 bits per heavy atom. The fourth-order valence-corrected chi connectivity index (χ4v) is 2.05. The molecule has 6 heteroatoms. The Labute approximate surface area is 110 Å². The molecule has 0 aromatic heterocycles. The van der Waals surface area contributed by atoms with Crippen LogP contribution in [0.5, 0.6) is 0 Å². The van der Waals surface area contributed by atoms with Crippen LogP contribution in [-0.2, 0) is 16.0 Å². The minimum atomic E-state index is -0.359. The maximum absolute atomic E-state index is 11.6. The van der Waals surface area contributed by atoms with Gasteiger partial charge in [-0.2, -0.15) is 4.99 Å². The molecule has 1 aliphatic heterocycles. The number of nitrogens with one attached hydrogen (secondary N) is 2. The Morgan fingerprint density at radius 2 is 2.16 bits per heavy atom. The Balaban J connectivity index is 2.26. The van der Waals surface area contributed by atoms with Crippen molar-refractivity contribution in [3.63, 3.8) is 0 Å². The molecule has 0 aliphatic carbocycles. The number of quaternary nitrogens is 1. The SMILES string of the molecule is CCc1cc(NC(=O)CC(C)=O)cc2c1[NH+]([O-])C=N2. The summed E-state index contributed by atoms with van der Waals surface area (Å²) in [5, 5.41) is 14.2. The van der Waals surface area contributed by atoms with Gasteiger partial charge in [0.15, 0.2) is 12.0 Å². The van der Waals surface area contributed by atoms with E-state index in [2.05, 4.69) is 10.3 Å². The summed E-state index contributed by atoms with van der Waals surface area (Å²) in [5.41, 5.74) is 2.58. The molecular formula is C13H15N3O3. The fraction of sp³-hybridized carbons (Fsp3) is 0.308. The van der Waals surface area contributed by atoms with E-state index in [1.54, 1.807) is 12.1 Å². The number of ketones is 1. The number of carbonyl (C=O) groups is 2. The molecule has 100 valence electrons. The molecule has 1 amide bonds. The number of anilines is 1. The summed E-state index contributed by atoms with van der Waals surface area (Å²) >= 11 is 0. The normalized spacial score (nSPS) is 16.3. The number of hydroxylamine groups is 1. The Bertz CT molecular complexity index is 566. The molecule has 0 saturated carbocycles. The zero-order valence-corrected chi connectivity index (χ0v) is 10.8. The van der Waals surface area contributed by atoms with Crippen LogP contribution in [0.15, 0.2) is 17.1 Å². The van der Waals surface area contributed by atoms with Gasteiger partial charge >= 0.3 is 0 Å². The van der Waals surface area contributed by atoms with Gasteiger partial charge in [-0.25, -0.2) is 0 Å². The predicted octanol–water partition coefficient (Wildman–Crippen LogP) is 0.854. The van der Waals surface area contributed by atoms with Crippen molar-refractivity contribution in [2.45, 2.75) is 26.7 Å². The minimum Gasteiger partial charge on any atom is -0.623 e. The summed E-state index contributed by atoms with van der Waals surface area (Å²) in [5.74, 6) is -0.551. The molecule has 0 radical (unpaired) electrons. The summed E-state index contributed by atoms with van der Waals surface area (Å²) in [6.45, 7) is 3.30. The van der Waals surface area contributed by atoms with Gasteiger partial charge in [0.2, 0.25) is 5.91 Å². The molecule has 0 fully saturated rings. The first-order chi connectivity index (χ1) is 9.01. The number of rotatable bonds is 4. The third-order valence-corrected chi connectivity index (χ3v) is 2.84. The highest BCUT2D eigenvalue weighted by Gasteiger charge is 2.20. The van der Waals surface area contributed by atoms with Crippen LogP contribution in [0.25, 0.3) is 0 Å². The molecule has 1 aliphatic rings. The standard InChI is InChI=1S/C13H15N3O3/c1-3-9-5-10(15-12(18)4-8(2)17)6-11-13(9)16(19)7-14-11/h5-7,16H,3-4H2,1-2H3,(H,15,18). The van der Waals surface area contributed by atoms with Crippen molar-refractivity contribution < 1.29 is 14.7 Å². The number of Topliss-reactive ketones (excluding diaryl/α,β-unsaturated/α-hetero) is 1. The van der Waals surface area contributed by atoms with E-state index in [9.17, 15) is 14.8 Å². The van der Waals surface area contributed by atoms with Crippen molar-refractivity contribution in [1.29, 1.82) is 0 Å². The van der Waals surface area contributed by atoms with Gasteiger partial charge in [-0.1, -0.05) is 6.92 Å². The molecule has 2 rings (SSSR count). The van der Waals surface area contributed by atoms with Crippen molar-refractivity contribution in [1.82, 2.24) is 0 Å². The topological polar surface area (TPSA) is 86.0 Å². The van der Waals surface area contributed by atoms with Gasteiger partial charge in [0.1, 0.15) is 11.5 Å². The Kier molecular flexibility index (Phi) is 3.73.